The Morgan fingerprint density at radius 3 is 2.91 bits per heavy atom. The Kier molecular flexibility index (Phi) is 4.24. The summed E-state index contributed by atoms with van der Waals surface area (Å²) in [5.74, 6) is 0. The van der Waals surface area contributed by atoms with E-state index in [1.165, 1.54) is 16.9 Å². The molecule has 1 aromatic heterocycles. The zero-order chi connectivity index (χ0) is 16.6. The Morgan fingerprint density at radius 2 is 2.22 bits per heavy atom. The molecule has 1 N–H and O–H groups in total. The number of nitrogens with zero attached hydrogens (tertiary/aromatic N) is 2. The van der Waals surface area contributed by atoms with E-state index in [2.05, 4.69) is 16.3 Å². The van der Waals surface area contributed by atoms with Crippen molar-refractivity contribution < 1.29 is 9.53 Å². The summed E-state index contributed by atoms with van der Waals surface area (Å²) in [4.78, 5) is 15.5. The third-order valence-electron chi connectivity index (χ3n) is 4.21. The maximum Gasteiger partial charge on any atom is 0.407 e. The third-order valence-corrected chi connectivity index (χ3v) is 5.56. The van der Waals surface area contributed by atoms with Crippen LogP contribution in [0, 0.1) is 11.3 Å². The van der Waals surface area contributed by atoms with Gasteiger partial charge in [0.15, 0.2) is 0 Å². The van der Waals surface area contributed by atoms with Crippen molar-refractivity contribution in [3.63, 3.8) is 0 Å². The van der Waals surface area contributed by atoms with Gasteiger partial charge < -0.3 is 15.0 Å². The van der Waals surface area contributed by atoms with E-state index in [0.717, 1.165) is 42.9 Å². The van der Waals surface area contributed by atoms with E-state index in [1.807, 2.05) is 20.8 Å². The lowest BCUT2D eigenvalue weighted by molar-refractivity contribution is 0.0509. The van der Waals surface area contributed by atoms with Gasteiger partial charge in [-0.3, -0.25) is 0 Å². The monoisotopic (exact) mass is 333 g/mol. The maximum absolute atomic E-state index is 11.9. The van der Waals surface area contributed by atoms with Crippen LogP contribution in [0.5, 0.6) is 0 Å². The molecule has 1 aliphatic carbocycles. The van der Waals surface area contributed by atoms with Crippen LogP contribution in [0.2, 0.25) is 0 Å². The molecule has 0 bridgehead atoms. The maximum atomic E-state index is 11.9. The van der Waals surface area contributed by atoms with Gasteiger partial charge >= 0.3 is 6.09 Å². The molecule has 1 atom stereocenters. The fourth-order valence-corrected chi connectivity index (χ4v) is 4.64. The largest absolute Gasteiger partial charge is 0.444 e. The predicted octanol–water partition coefficient (Wildman–Crippen LogP) is 3.21. The second-order valence-electron chi connectivity index (χ2n) is 7.23. The molecule has 1 aromatic rings. The Morgan fingerprint density at radius 1 is 1.43 bits per heavy atom. The van der Waals surface area contributed by atoms with E-state index in [-0.39, 0.29) is 12.1 Å². The second kappa shape index (κ2) is 6.04. The summed E-state index contributed by atoms with van der Waals surface area (Å²) in [7, 11) is 0. The highest BCUT2D eigenvalue weighted by atomic mass is 32.1. The zero-order valence-electron chi connectivity index (χ0n) is 13.9. The summed E-state index contributed by atoms with van der Waals surface area (Å²) in [6.45, 7) is 7.20. The number of nitriles is 1. The van der Waals surface area contributed by atoms with Crippen molar-refractivity contribution >= 4 is 22.4 Å². The van der Waals surface area contributed by atoms with Gasteiger partial charge in [-0.25, -0.2) is 4.79 Å². The van der Waals surface area contributed by atoms with E-state index < -0.39 is 5.60 Å². The lowest BCUT2D eigenvalue weighted by Crippen LogP contribution is -2.40. The molecule has 124 valence electrons. The molecule has 1 saturated heterocycles. The smallest absolute Gasteiger partial charge is 0.407 e. The normalized spacial score (nSPS) is 20.3. The van der Waals surface area contributed by atoms with Gasteiger partial charge in [0, 0.05) is 18.0 Å². The van der Waals surface area contributed by atoms with Gasteiger partial charge in [-0.2, -0.15) is 5.26 Å². The molecular formula is C17H23N3O2S. The quantitative estimate of drug-likeness (QED) is 0.902. The number of alkyl carbamates (subject to hydrolysis) is 1. The number of hydrogen-bond donors (Lipinski definition) is 1. The van der Waals surface area contributed by atoms with Gasteiger partial charge in [0.2, 0.25) is 0 Å². The molecule has 0 saturated carbocycles. The van der Waals surface area contributed by atoms with E-state index in [0.29, 0.717) is 0 Å². The van der Waals surface area contributed by atoms with Gasteiger partial charge in [0.1, 0.15) is 16.7 Å². The highest BCUT2D eigenvalue weighted by Gasteiger charge is 2.31. The van der Waals surface area contributed by atoms with Crippen LogP contribution in [0.4, 0.5) is 9.80 Å². The molecule has 1 aliphatic heterocycles. The van der Waals surface area contributed by atoms with Crippen molar-refractivity contribution in [3.05, 3.63) is 16.0 Å². The van der Waals surface area contributed by atoms with Crippen LogP contribution in [0.25, 0.3) is 0 Å². The molecule has 0 spiro atoms. The highest BCUT2D eigenvalue weighted by Crippen LogP contribution is 2.41. The molecule has 1 fully saturated rings. The standard InChI is InChI=1S/C17H23N3O2S/c1-17(2,3)22-16(21)19-11-7-8-20(10-11)15-13(9-18)12-5-4-6-14(12)23-15/h11H,4-8,10H2,1-3H3,(H,19,21)/t11-/m0/s1. The van der Waals surface area contributed by atoms with E-state index >= 15 is 0 Å². The Bertz CT molecular complexity index is 654. The Labute approximate surface area is 141 Å². The van der Waals surface area contributed by atoms with Crippen molar-refractivity contribution in [2.75, 3.05) is 18.0 Å². The molecule has 0 aromatic carbocycles. The zero-order valence-corrected chi connectivity index (χ0v) is 14.8. The van der Waals surface area contributed by atoms with Gasteiger partial charge in [0.05, 0.1) is 11.6 Å². The average molecular weight is 333 g/mol. The van der Waals surface area contributed by atoms with Crippen LogP contribution in [0.1, 0.15) is 49.6 Å². The molecule has 2 heterocycles. The summed E-state index contributed by atoms with van der Waals surface area (Å²) in [5, 5.41) is 13.5. The third kappa shape index (κ3) is 3.45. The number of hydrogen-bond acceptors (Lipinski definition) is 5. The first kappa shape index (κ1) is 16.1. The number of nitrogens with one attached hydrogen (secondary N) is 1. The summed E-state index contributed by atoms with van der Waals surface area (Å²) >= 11 is 1.76. The predicted molar refractivity (Wildman–Crippen MR) is 91.0 cm³/mol. The summed E-state index contributed by atoms with van der Waals surface area (Å²) in [5.41, 5.74) is 1.64. The number of ether oxygens (including phenoxy) is 1. The topological polar surface area (TPSA) is 65.4 Å². The fourth-order valence-electron chi connectivity index (χ4n) is 3.26. The molecule has 3 rings (SSSR count). The minimum absolute atomic E-state index is 0.0772. The van der Waals surface area contributed by atoms with E-state index in [4.69, 9.17) is 4.74 Å². The number of amides is 1. The summed E-state index contributed by atoms with van der Waals surface area (Å²) in [6, 6.07) is 2.47. The average Bonchev–Trinajstić information content (AvgIpc) is 3.09. The minimum atomic E-state index is -0.481. The number of anilines is 1. The lowest BCUT2D eigenvalue weighted by atomic mass is 10.1. The van der Waals surface area contributed by atoms with E-state index in [9.17, 15) is 10.1 Å². The number of thiophene rings is 1. The number of fused-ring (bicyclic) bond motifs is 1. The van der Waals surface area contributed by atoms with Crippen LogP contribution in [0.3, 0.4) is 0 Å². The number of rotatable bonds is 2. The van der Waals surface area contributed by atoms with Gasteiger partial charge in [-0.15, -0.1) is 11.3 Å². The molecule has 6 heteroatoms. The summed E-state index contributed by atoms with van der Waals surface area (Å²) < 4.78 is 5.32. The van der Waals surface area contributed by atoms with Crippen LogP contribution < -0.4 is 10.2 Å². The molecular weight excluding hydrogens is 310 g/mol. The molecule has 1 amide bonds. The van der Waals surface area contributed by atoms with E-state index in [1.54, 1.807) is 11.3 Å². The first-order valence-electron chi connectivity index (χ1n) is 8.16. The van der Waals surface area contributed by atoms with Gasteiger partial charge in [0.25, 0.3) is 0 Å². The van der Waals surface area contributed by atoms with Crippen LogP contribution in [-0.4, -0.2) is 30.8 Å². The Hall–Kier alpha value is -1.74. The Balaban J connectivity index is 1.65. The van der Waals surface area contributed by atoms with Gasteiger partial charge in [-0.05, 0) is 52.0 Å². The van der Waals surface area contributed by atoms with Gasteiger partial charge in [-0.1, -0.05) is 0 Å². The number of carbonyl (C=O) groups is 1. The molecule has 0 unspecified atom stereocenters. The fraction of sp³-hybridized carbons (Fsp3) is 0.647. The first-order chi connectivity index (χ1) is 10.9. The first-order valence-corrected chi connectivity index (χ1v) is 8.98. The number of aryl methyl sites for hydroxylation is 1. The van der Waals surface area contributed by atoms with Crippen LogP contribution in [-0.2, 0) is 17.6 Å². The molecule has 23 heavy (non-hydrogen) atoms. The van der Waals surface area contributed by atoms with Crippen molar-refractivity contribution in [1.82, 2.24) is 5.32 Å². The van der Waals surface area contributed by atoms with Crippen molar-refractivity contribution in [3.8, 4) is 6.07 Å². The highest BCUT2D eigenvalue weighted by molar-refractivity contribution is 7.16. The second-order valence-corrected chi connectivity index (χ2v) is 8.31. The molecule has 5 nitrogen and oxygen atoms in total. The minimum Gasteiger partial charge on any atom is -0.444 e. The van der Waals surface area contributed by atoms with Crippen molar-refractivity contribution in [2.24, 2.45) is 0 Å². The lowest BCUT2D eigenvalue weighted by Gasteiger charge is -2.22. The summed E-state index contributed by atoms with van der Waals surface area (Å²) in [6.07, 6.45) is 3.81. The number of carbonyl (C=O) groups excluding carboxylic acids is 1. The molecule has 2 aliphatic rings. The SMILES string of the molecule is CC(C)(C)OC(=O)N[C@H]1CCN(c2sc3c(c2C#N)CCC3)C1. The van der Waals surface area contributed by atoms with Crippen molar-refractivity contribution in [2.45, 2.75) is 58.1 Å². The van der Waals surface area contributed by atoms with Crippen LogP contribution >= 0.6 is 11.3 Å². The molecule has 0 radical (unpaired) electrons. The van der Waals surface area contributed by atoms with Crippen LogP contribution in [0.15, 0.2) is 0 Å². The van der Waals surface area contributed by atoms with Crippen molar-refractivity contribution in [1.29, 1.82) is 5.26 Å².